The average molecular weight is 1020 g/mol. The Morgan fingerprint density at radius 2 is 0.764 bits per heavy atom. The smallest absolute Gasteiger partial charge is 0.306 e. The molecule has 0 saturated carbocycles. The van der Waals surface area contributed by atoms with Crippen molar-refractivity contribution in [1.29, 1.82) is 0 Å². The second-order valence-corrected chi connectivity index (χ2v) is 19.9. The largest absolute Gasteiger partial charge is 0.756 e. The van der Waals surface area contributed by atoms with E-state index >= 15 is 0 Å². The number of ether oxygens (including phenoxy) is 2. The number of hydrogen-bond donors (Lipinski definition) is 0. The van der Waals surface area contributed by atoms with E-state index < -0.39 is 32.5 Å². The van der Waals surface area contributed by atoms with Crippen LogP contribution in [0.3, 0.4) is 0 Å². The van der Waals surface area contributed by atoms with Crippen molar-refractivity contribution in [3.63, 3.8) is 0 Å². The summed E-state index contributed by atoms with van der Waals surface area (Å²) in [6.45, 7) is 3.89. The highest BCUT2D eigenvalue weighted by Gasteiger charge is 2.21. The zero-order chi connectivity index (χ0) is 52.7. The van der Waals surface area contributed by atoms with Crippen molar-refractivity contribution in [2.45, 2.75) is 174 Å². The Morgan fingerprint density at radius 1 is 0.431 bits per heavy atom. The first-order valence-corrected chi connectivity index (χ1v) is 28.7. The lowest BCUT2D eigenvalue weighted by Crippen LogP contribution is -2.37. The molecule has 0 aromatic carbocycles. The number of esters is 2. The highest BCUT2D eigenvalue weighted by atomic mass is 31.2. The van der Waals surface area contributed by atoms with E-state index in [4.69, 9.17) is 18.5 Å². The Hall–Kier alpha value is -4.37. The van der Waals surface area contributed by atoms with Crippen molar-refractivity contribution in [2.75, 3.05) is 47.5 Å². The standard InChI is InChI=1S/C62H98NO8P/c1-6-8-10-12-14-16-18-20-22-24-26-27-28-29-30-31-32-33-34-35-37-39-41-43-45-47-49-51-53-55-62(65)71-60(59-70-72(66,67)69-57-56-63(3,4)5)58-68-61(64)54-52-50-48-46-44-42-40-38-36-25-23-21-19-17-15-13-11-9-7-2/h8-11,14-17,20-23,26-27,29-30,32-33,35-38,41,43,47,49,60H,6-7,12-13,18-19,24-25,28,31,34,39-40,42,44-46,48,50-59H2,1-5H3/b10-8-,11-9-,16-14-,17-15-,22-20-,23-21-,27-26-,30-29-,33-32-,37-35-,38-36-,43-41-,49-47-. The van der Waals surface area contributed by atoms with Crippen molar-refractivity contribution in [2.24, 2.45) is 0 Å². The number of phosphoric acid groups is 1. The third kappa shape index (κ3) is 55.0. The fourth-order valence-electron chi connectivity index (χ4n) is 6.41. The maximum absolute atomic E-state index is 12.8. The Balaban J connectivity index is 4.40. The Kier molecular flexibility index (Phi) is 48.4. The molecular formula is C62H98NO8P. The fraction of sp³-hybridized carbons (Fsp3) is 0.548. The predicted octanol–water partition coefficient (Wildman–Crippen LogP) is 16.3. The molecule has 0 aromatic heterocycles. The number of rotatable bonds is 47. The molecule has 10 heteroatoms. The fourth-order valence-corrected chi connectivity index (χ4v) is 7.14. The van der Waals surface area contributed by atoms with Gasteiger partial charge in [-0.3, -0.25) is 14.2 Å². The van der Waals surface area contributed by atoms with Gasteiger partial charge in [0.15, 0.2) is 6.10 Å². The molecule has 2 atom stereocenters. The van der Waals surface area contributed by atoms with Crippen LogP contribution in [0.1, 0.15) is 168 Å². The summed E-state index contributed by atoms with van der Waals surface area (Å²) in [4.78, 5) is 37.8. The summed E-state index contributed by atoms with van der Waals surface area (Å²) in [7, 11) is 1.09. The molecule has 0 aromatic rings. The molecule has 72 heavy (non-hydrogen) atoms. The quantitative estimate of drug-likeness (QED) is 0.0195. The monoisotopic (exact) mass is 1020 g/mol. The van der Waals surface area contributed by atoms with Crippen LogP contribution in [0, 0.1) is 0 Å². The van der Waals surface area contributed by atoms with Crippen LogP contribution in [0.2, 0.25) is 0 Å². The van der Waals surface area contributed by atoms with E-state index in [0.29, 0.717) is 30.3 Å². The molecule has 0 bridgehead atoms. The number of likely N-dealkylation sites (N-methyl/N-ethyl adjacent to an activating group) is 1. The summed E-state index contributed by atoms with van der Waals surface area (Å²) in [6.07, 6.45) is 77.2. The summed E-state index contributed by atoms with van der Waals surface area (Å²) < 4.78 is 34.0. The second kappa shape index (κ2) is 51.5. The van der Waals surface area contributed by atoms with Crippen LogP contribution in [-0.4, -0.2) is 70.0 Å². The molecule has 9 nitrogen and oxygen atoms in total. The lowest BCUT2D eigenvalue weighted by Gasteiger charge is -2.28. The Morgan fingerprint density at radius 3 is 1.15 bits per heavy atom. The van der Waals surface area contributed by atoms with Crippen LogP contribution in [0.4, 0.5) is 0 Å². The van der Waals surface area contributed by atoms with Gasteiger partial charge in [0.25, 0.3) is 7.82 Å². The highest BCUT2D eigenvalue weighted by Crippen LogP contribution is 2.38. The van der Waals surface area contributed by atoms with Gasteiger partial charge in [0, 0.05) is 12.8 Å². The molecule has 0 radical (unpaired) electrons. The first-order chi connectivity index (χ1) is 35.0. The number of carbonyl (C=O) groups is 2. The van der Waals surface area contributed by atoms with Crippen LogP contribution < -0.4 is 4.89 Å². The maximum Gasteiger partial charge on any atom is 0.306 e. The van der Waals surface area contributed by atoms with Gasteiger partial charge in [0.2, 0.25) is 0 Å². The zero-order valence-corrected chi connectivity index (χ0v) is 46.4. The number of phosphoric ester groups is 1. The van der Waals surface area contributed by atoms with Crippen molar-refractivity contribution in [3.05, 3.63) is 158 Å². The number of quaternary nitrogens is 1. The number of allylic oxidation sites excluding steroid dienone is 26. The molecule has 0 rings (SSSR count). The molecule has 0 spiro atoms. The van der Waals surface area contributed by atoms with Crippen molar-refractivity contribution < 1.29 is 42.1 Å². The molecular weight excluding hydrogens is 918 g/mol. The minimum absolute atomic E-state index is 0.0545. The maximum atomic E-state index is 12.8. The molecule has 0 aliphatic rings. The Labute approximate surface area is 439 Å². The first kappa shape index (κ1) is 67.6. The lowest BCUT2D eigenvalue weighted by atomic mass is 10.1. The van der Waals surface area contributed by atoms with Crippen molar-refractivity contribution in [1.82, 2.24) is 0 Å². The van der Waals surface area contributed by atoms with Gasteiger partial charge >= 0.3 is 11.9 Å². The summed E-state index contributed by atoms with van der Waals surface area (Å²) in [5.41, 5.74) is 0. The topological polar surface area (TPSA) is 111 Å². The molecule has 0 saturated heterocycles. The van der Waals surface area contributed by atoms with Gasteiger partial charge in [-0.05, 0) is 116 Å². The molecule has 0 N–H and O–H groups in total. The van der Waals surface area contributed by atoms with Crippen LogP contribution in [0.25, 0.3) is 0 Å². The molecule has 0 aliphatic carbocycles. The third-order valence-corrected chi connectivity index (χ3v) is 11.5. The van der Waals surface area contributed by atoms with Crippen molar-refractivity contribution in [3.8, 4) is 0 Å². The third-order valence-electron chi connectivity index (χ3n) is 10.5. The van der Waals surface area contributed by atoms with Gasteiger partial charge in [-0.1, -0.05) is 198 Å². The van der Waals surface area contributed by atoms with E-state index in [-0.39, 0.29) is 26.1 Å². The molecule has 2 unspecified atom stereocenters. The van der Waals surface area contributed by atoms with E-state index in [1.807, 2.05) is 27.2 Å². The predicted molar refractivity (Wildman–Crippen MR) is 304 cm³/mol. The van der Waals surface area contributed by atoms with Gasteiger partial charge < -0.3 is 27.9 Å². The van der Waals surface area contributed by atoms with Gasteiger partial charge in [-0.15, -0.1) is 0 Å². The minimum atomic E-state index is -4.67. The van der Waals surface area contributed by atoms with E-state index in [0.717, 1.165) is 122 Å². The summed E-state index contributed by atoms with van der Waals surface area (Å²) >= 11 is 0. The molecule has 0 fully saturated rings. The summed E-state index contributed by atoms with van der Waals surface area (Å²) in [5, 5.41) is 0. The normalized spacial score (nSPS) is 14.6. The van der Waals surface area contributed by atoms with E-state index in [1.165, 1.54) is 0 Å². The van der Waals surface area contributed by atoms with Crippen LogP contribution in [-0.2, 0) is 32.7 Å². The summed E-state index contributed by atoms with van der Waals surface area (Å²) in [6, 6.07) is 0. The summed E-state index contributed by atoms with van der Waals surface area (Å²) in [5.74, 6) is -0.937. The number of unbranched alkanes of at least 4 members (excludes halogenated alkanes) is 7. The van der Waals surface area contributed by atoms with Gasteiger partial charge in [-0.25, -0.2) is 0 Å². The average Bonchev–Trinajstić information content (AvgIpc) is 3.34. The number of nitrogens with zero attached hydrogens (tertiary/aromatic N) is 1. The van der Waals surface area contributed by atoms with Crippen LogP contribution >= 0.6 is 7.82 Å². The molecule has 0 amide bonds. The number of hydrogen-bond acceptors (Lipinski definition) is 8. The highest BCUT2D eigenvalue weighted by molar-refractivity contribution is 7.45. The Bertz CT molecular complexity index is 1770. The first-order valence-electron chi connectivity index (χ1n) is 27.2. The SMILES string of the molecule is CC/C=C\C/C=C\C/C=C\C/C=C\C/C=C\C/C=C\C/C=C\C/C=C\C/C=C\CCCC(=O)OC(COC(=O)CCCCCCCC/C=C\C/C=C\C/C=C\C/C=C\CC)COP(=O)([O-])OCC[N+](C)(C)C. The van der Waals surface area contributed by atoms with Gasteiger partial charge in [-0.2, -0.15) is 0 Å². The minimum Gasteiger partial charge on any atom is -0.756 e. The second-order valence-electron chi connectivity index (χ2n) is 18.5. The van der Waals surface area contributed by atoms with Gasteiger partial charge in [0.05, 0.1) is 27.7 Å². The molecule has 0 aliphatic heterocycles. The zero-order valence-electron chi connectivity index (χ0n) is 45.5. The lowest BCUT2D eigenvalue weighted by molar-refractivity contribution is -0.870. The van der Waals surface area contributed by atoms with Gasteiger partial charge in [0.1, 0.15) is 19.8 Å². The van der Waals surface area contributed by atoms with E-state index in [1.54, 1.807) is 0 Å². The van der Waals surface area contributed by atoms with E-state index in [2.05, 4.69) is 166 Å². The van der Waals surface area contributed by atoms with Crippen LogP contribution in [0.15, 0.2) is 158 Å². The van der Waals surface area contributed by atoms with Crippen LogP contribution in [0.5, 0.6) is 0 Å². The molecule has 404 valence electrons. The number of carbonyl (C=O) groups excluding carboxylic acids is 2. The van der Waals surface area contributed by atoms with E-state index in [9.17, 15) is 19.0 Å². The molecule has 0 heterocycles. The van der Waals surface area contributed by atoms with Crippen molar-refractivity contribution >= 4 is 19.8 Å².